The maximum atomic E-state index is 13.0. The van der Waals surface area contributed by atoms with Crippen LogP contribution in [0.1, 0.15) is 75.7 Å². The Hall–Kier alpha value is -2.12. The van der Waals surface area contributed by atoms with Crippen LogP contribution in [0.25, 0.3) is 10.9 Å². The summed E-state index contributed by atoms with van der Waals surface area (Å²) < 4.78 is 8.01. The van der Waals surface area contributed by atoms with Gasteiger partial charge in [0.25, 0.3) is 0 Å². The largest absolute Gasteiger partial charge is 0.444 e. The van der Waals surface area contributed by atoms with E-state index in [2.05, 4.69) is 28.2 Å². The number of carbonyl (C=O) groups is 1. The standard InChI is InChI=1S/C24H35N5O2/c1-24(2,3)31-23(30)28-10-9-26-14-20(28)18-5-4-6-19-21(18)22(16-7-8-16)27-29(19)17-11-15(12-17)13-25/h4-6,15-17,20,26H,7-14,25H2,1-3H3. The summed E-state index contributed by atoms with van der Waals surface area (Å²) in [5.41, 5.74) is 8.98. The molecule has 1 saturated heterocycles. The van der Waals surface area contributed by atoms with Crippen LogP contribution in [0.5, 0.6) is 0 Å². The van der Waals surface area contributed by atoms with E-state index in [1.807, 2.05) is 25.7 Å². The fourth-order valence-electron chi connectivity index (χ4n) is 5.06. The normalized spacial score (nSPS) is 26.7. The first kappa shape index (κ1) is 20.8. The molecule has 1 aromatic heterocycles. The molecule has 1 unspecified atom stereocenters. The molecule has 1 aromatic carbocycles. The van der Waals surface area contributed by atoms with E-state index in [4.69, 9.17) is 15.6 Å². The molecule has 0 spiro atoms. The Morgan fingerprint density at radius 3 is 2.74 bits per heavy atom. The third kappa shape index (κ3) is 3.94. The first-order valence-corrected chi connectivity index (χ1v) is 11.8. The van der Waals surface area contributed by atoms with E-state index in [9.17, 15) is 4.79 Å². The zero-order valence-corrected chi connectivity index (χ0v) is 18.9. The number of aromatic nitrogens is 2. The molecule has 0 radical (unpaired) electrons. The topological polar surface area (TPSA) is 85.4 Å². The molecule has 2 aromatic rings. The van der Waals surface area contributed by atoms with E-state index in [0.29, 0.717) is 24.4 Å². The lowest BCUT2D eigenvalue weighted by Crippen LogP contribution is -2.50. The van der Waals surface area contributed by atoms with Crippen LogP contribution in [0, 0.1) is 5.92 Å². The lowest BCUT2D eigenvalue weighted by molar-refractivity contribution is 0.0119. The average molecular weight is 426 g/mol. The first-order valence-electron chi connectivity index (χ1n) is 11.8. The van der Waals surface area contributed by atoms with Crippen LogP contribution >= 0.6 is 0 Å². The van der Waals surface area contributed by atoms with Gasteiger partial charge in [-0.2, -0.15) is 5.10 Å². The van der Waals surface area contributed by atoms with Crippen LogP contribution in [0.2, 0.25) is 0 Å². The maximum Gasteiger partial charge on any atom is 0.410 e. The molecule has 2 saturated carbocycles. The molecular formula is C24H35N5O2. The number of nitrogens with two attached hydrogens (primary N) is 1. The Balaban J connectivity index is 1.54. The third-order valence-electron chi connectivity index (χ3n) is 6.88. The molecule has 3 aliphatic rings. The summed E-state index contributed by atoms with van der Waals surface area (Å²) in [5.74, 6) is 1.16. The summed E-state index contributed by atoms with van der Waals surface area (Å²) in [5, 5.41) is 9.89. The number of ether oxygens (including phenoxy) is 1. The minimum atomic E-state index is -0.508. The quantitative estimate of drug-likeness (QED) is 0.780. The highest BCUT2D eigenvalue weighted by Crippen LogP contribution is 2.47. The second-order valence-electron chi connectivity index (χ2n) is 10.5. The number of amides is 1. The molecule has 2 heterocycles. The monoisotopic (exact) mass is 425 g/mol. The average Bonchev–Trinajstić information content (AvgIpc) is 3.47. The van der Waals surface area contributed by atoms with Gasteiger partial charge in [0.05, 0.1) is 23.3 Å². The number of fused-ring (bicyclic) bond motifs is 1. The van der Waals surface area contributed by atoms with Gasteiger partial charge in [-0.1, -0.05) is 12.1 Å². The number of piperazine rings is 1. The van der Waals surface area contributed by atoms with Crippen LogP contribution in [-0.4, -0.2) is 52.6 Å². The Morgan fingerprint density at radius 2 is 2.06 bits per heavy atom. The predicted molar refractivity (Wildman–Crippen MR) is 121 cm³/mol. The van der Waals surface area contributed by atoms with E-state index in [-0.39, 0.29) is 12.1 Å². The first-order chi connectivity index (χ1) is 14.9. The smallest absolute Gasteiger partial charge is 0.410 e. The predicted octanol–water partition coefficient (Wildman–Crippen LogP) is 3.70. The van der Waals surface area contributed by atoms with Crippen LogP contribution in [0.15, 0.2) is 18.2 Å². The highest BCUT2D eigenvalue weighted by molar-refractivity contribution is 5.87. The van der Waals surface area contributed by atoms with Gasteiger partial charge in [0.2, 0.25) is 0 Å². The van der Waals surface area contributed by atoms with Crippen LogP contribution in [0.3, 0.4) is 0 Å². The molecule has 3 N–H and O–H groups in total. The molecule has 31 heavy (non-hydrogen) atoms. The van der Waals surface area contributed by atoms with E-state index in [1.54, 1.807) is 0 Å². The van der Waals surface area contributed by atoms with Crippen molar-refractivity contribution in [2.45, 2.75) is 70.1 Å². The number of hydrogen-bond acceptors (Lipinski definition) is 5. The number of nitrogens with zero attached hydrogens (tertiary/aromatic N) is 3. The van der Waals surface area contributed by atoms with Gasteiger partial charge in [0, 0.05) is 30.9 Å². The van der Waals surface area contributed by atoms with Gasteiger partial charge in [-0.3, -0.25) is 9.58 Å². The third-order valence-corrected chi connectivity index (χ3v) is 6.88. The molecule has 1 atom stereocenters. The number of hydrogen-bond donors (Lipinski definition) is 2. The second-order valence-corrected chi connectivity index (χ2v) is 10.5. The van der Waals surface area contributed by atoms with E-state index in [0.717, 1.165) is 32.5 Å². The number of carbonyl (C=O) groups excluding carboxylic acids is 1. The van der Waals surface area contributed by atoms with Crippen molar-refractivity contribution >= 4 is 17.0 Å². The lowest BCUT2D eigenvalue weighted by atomic mass is 9.80. The van der Waals surface area contributed by atoms with Crippen molar-refractivity contribution in [2.24, 2.45) is 11.7 Å². The fourth-order valence-corrected chi connectivity index (χ4v) is 5.06. The number of benzene rings is 1. The molecule has 1 amide bonds. The van der Waals surface area contributed by atoms with Gasteiger partial charge in [0.1, 0.15) is 5.60 Å². The van der Waals surface area contributed by atoms with Crippen molar-refractivity contribution < 1.29 is 9.53 Å². The van der Waals surface area contributed by atoms with Crippen LogP contribution in [-0.2, 0) is 4.74 Å². The Kier molecular flexibility index (Phi) is 5.21. The summed E-state index contributed by atoms with van der Waals surface area (Å²) >= 11 is 0. The summed E-state index contributed by atoms with van der Waals surface area (Å²) in [6.45, 7) is 8.68. The molecule has 7 nitrogen and oxygen atoms in total. The van der Waals surface area contributed by atoms with Crippen molar-refractivity contribution in [2.75, 3.05) is 26.2 Å². The number of nitrogens with one attached hydrogen (secondary N) is 1. The summed E-state index contributed by atoms with van der Waals surface area (Å²) in [6.07, 6.45) is 4.39. The second kappa shape index (κ2) is 7.78. The minimum Gasteiger partial charge on any atom is -0.444 e. The van der Waals surface area contributed by atoms with Crippen molar-refractivity contribution in [1.82, 2.24) is 20.0 Å². The van der Waals surface area contributed by atoms with Gasteiger partial charge in [-0.25, -0.2) is 4.79 Å². The molecule has 0 bridgehead atoms. The molecule has 5 rings (SSSR count). The van der Waals surface area contributed by atoms with Crippen molar-refractivity contribution in [1.29, 1.82) is 0 Å². The van der Waals surface area contributed by atoms with Crippen LogP contribution in [0.4, 0.5) is 4.79 Å². The maximum absolute atomic E-state index is 13.0. The minimum absolute atomic E-state index is 0.0550. The van der Waals surface area contributed by atoms with Crippen molar-refractivity contribution in [3.63, 3.8) is 0 Å². The lowest BCUT2D eigenvalue weighted by Gasteiger charge is -2.38. The summed E-state index contributed by atoms with van der Waals surface area (Å²) in [4.78, 5) is 14.9. The zero-order valence-electron chi connectivity index (χ0n) is 18.9. The molecule has 7 heteroatoms. The SMILES string of the molecule is CC(C)(C)OC(=O)N1CCNCC1c1cccc2c1c(C1CC1)nn2C1CC(CN)C1. The van der Waals surface area contributed by atoms with Gasteiger partial charge in [-0.15, -0.1) is 0 Å². The summed E-state index contributed by atoms with van der Waals surface area (Å²) in [7, 11) is 0. The van der Waals surface area contributed by atoms with E-state index < -0.39 is 5.60 Å². The summed E-state index contributed by atoms with van der Waals surface area (Å²) in [6, 6.07) is 6.87. The van der Waals surface area contributed by atoms with E-state index in [1.165, 1.54) is 35.0 Å². The molecule has 2 aliphatic carbocycles. The van der Waals surface area contributed by atoms with Gasteiger partial charge < -0.3 is 15.8 Å². The van der Waals surface area contributed by atoms with Gasteiger partial charge in [-0.05, 0) is 70.5 Å². The van der Waals surface area contributed by atoms with Crippen molar-refractivity contribution in [3.8, 4) is 0 Å². The molecule has 168 valence electrons. The van der Waals surface area contributed by atoms with Crippen molar-refractivity contribution in [3.05, 3.63) is 29.5 Å². The highest BCUT2D eigenvalue weighted by Gasteiger charge is 2.38. The fraction of sp³-hybridized carbons (Fsp3) is 0.667. The zero-order chi connectivity index (χ0) is 21.8. The number of rotatable bonds is 4. The molecular weight excluding hydrogens is 390 g/mol. The Bertz CT molecular complexity index is 968. The Labute approximate surface area is 184 Å². The molecule has 3 fully saturated rings. The van der Waals surface area contributed by atoms with E-state index >= 15 is 0 Å². The van der Waals surface area contributed by atoms with Gasteiger partial charge in [0.15, 0.2) is 0 Å². The van der Waals surface area contributed by atoms with Gasteiger partial charge >= 0.3 is 6.09 Å². The van der Waals surface area contributed by atoms with Crippen LogP contribution < -0.4 is 11.1 Å². The molecule has 1 aliphatic heterocycles. The Morgan fingerprint density at radius 1 is 1.29 bits per heavy atom. The highest BCUT2D eigenvalue weighted by atomic mass is 16.6.